The van der Waals surface area contributed by atoms with Crippen molar-refractivity contribution < 1.29 is 39.5 Å². The standard InChI is InChI=1S/C22H24O8/c1-22(2,3)30-21(28)19(12-14-5-8-16(24)18(26)11-14)29-20(27)9-6-13-4-7-15(23)17(25)10-13/h4-11,19,23-26H,12H2,1-3H3. The molecule has 0 amide bonds. The van der Waals surface area contributed by atoms with E-state index in [2.05, 4.69) is 0 Å². The summed E-state index contributed by atoms with van der Waals surface area (Å²) in [5, 5.41) is 37.9. The summed E-state index contributed by atoms with van der Waals surface area (Å²) in [6, 6.07) is 8.00. The van der Waals surface area contributed by atoms with Gasteiger partial charge < -0.3 is 29.9 Å². The van der Waals surface area contributed by atoms with Gasteiger partial charge in [-0.1, -0.05) is 12.1 Å². The molecule has 0 aromatic heterocycles. The van der Waals surface area contributed by atoms with Gasteiger partial charge in [-0.15, -0.1) is 0 Å². The predicted molar refractivity (Wildman–Crippen MR) is 108 cm³/mol. The maximum Gasteiger partial charge on any atom is 0.348 e. The number of aromatic hydroxyl groups is 4. The lowest BCUT2D eigenvalue weighted by atomic mass is 10.1. The van der Waals surface area contributed by atoms with Crippen LogP contribution in [0.5, 0.6) is 23.0 Å². The van der Waals surface area contributed by atoms with E-state index in [1.165, 1.54) is 42.5 Å². The zero-order valence-electron chi connectivity index (χ0n) is 16.8. The van der Waals surface area contributed by atoms with Crippen molar-refractivity contribution in [2.45, 2.75) is 38.9 Å². The first-order valence-corrected chi connectivity index (χ1v) is 9.09. The second kappa shape index (κ2) is 9.21. The van der Waals surface area contributed by atoms with E-state index < -0.39 is 23.6 Å². The number of benzene rings is 2. The van der Waals surface area contributed by atoms with Crippen molar-refractivity contribution >= 4 is 18.0 Å². The van der Waals surface area contributed by atoms with Gasteiger partial charge in [0, 0.05) is 12.5 Å². The van der Waals surface area contributed by atoms with Crippen LogP contribution in [0.4, 0.5) is 0 Å². The zero-order valence-corrected chi connectivity index (χ0v) is 16.8. The highest BCUT2D eigenvalue weighted by molar-refractivity contribution is 5.89. The summed E-state index contributed by atoms with van der Waals surface area (Å²) < 4.78 is 10.6. The first-order chi connectivity index (χ1) is 13.9. The molecule has 2 aromatic carbocycles. The summed E-state index contributed by atoms with van der Waals surface area (Å²) in [4.78, 5) is 24.8. The van der Waals surface area contributed by atoms with E-state index in [1.807, 2.05) is 0 Å². The summed E-state index contributed by atoms with van der Waals surface area (Å²) in [6.45, 7) is 5.02. The number of carbonyl (C=O) groups is 2. The van der Waals surface area contributed by atoms with E-state index in [0.29, 0.717) is 11.1 Å². The fourth-order valence-electron chi connectivity index (χ4n) is 2.44. The third kappa shape index (κ3) is 6.73. The van der Waals surface area contributed by atoms with Crippen molar-refractivity contribution in [1.29, 1.82) is 0 Å². The van der Waals surface area contributed by atoms with Crippen LogP contribution in [0.3, 0.4) is 0 Å². The topological polar surface area (TPSA) is 134 Å². The molecule has 8 nitrogen and oxygen atoms in total. The molecule has 0 bridgehead atoms. The number of phenols is 4. The highest BCUT2D eigenvalue weighted by Crippen LogP contribution is 2.27. The maximum absolute atomic E-state index is 12.5. The molecular weight excluding hydrogens is 392 g/mol. The quantitative estimate of drug-likeness (QED) is 0.321. The summed E-state index contributed by atoms with van der Waals surface area (Å²) in [5.41, 5.74) is 0.0686. The van der Waals surface area contributed by atoms with E-state index in [1.54, 1.807) is 20.8 Å². The molecule has 2 rings (SSSR count). The minimum atomic E-state index is -1.29. The average molecular weight is 416 g/mol. The third-order valence-electron chi connectivity index (χ3n) is 3.80. The van der Waals surface area contributed by atoms with Crippen molar-refractivity contribution in [3.05, 3.63) is 53.6 Å². The molecule has 0 saturated heterocycles. The molecule has 2 aromatic rings. The lowest BCUT2D eigenvalue weighted by Gasteiger charge is -2.23. The Kier molecular flexibility index (Phi) is 6.94. The number of carbonyl (C=O) groups excluding carboxylic acids is 2. The van der Waals surface area contributed by atoms with E-state index >= 15 is 0 Å². The smallest absolute Gasteiger partial charge is 0.348 e. The van der Waals surface area contributed by atoms with Gasteiger partial charge in [-0.25, -0.2) is 9.59 Å². The molecule has 0 aliphatic rings. The Morgan fingerprint density at radius 3 is 2.10 bits per heavy atom. The monoisotopic (exact) mass is 416 g/mol. The van der Waals surface area contributed by atoms with Crippen LogP contribution < -0.4 is 0 Å². The van der Waals surface area contributed by atoms with Crippen LogP contribution in [0.15, 0.2) is 42.5 Å². The number of phenolic OH excluding ortho intramolecular Hbond substituents is 4. The lowest BCUT2D eigenvalue weighted by molar-refractivity contribution is -0.173. The molecule has 30 heavy (non-hydrogen) atoms. The van der Waals surface area contributed by atoms with Gasteiger partial charge in [-0.2, -0.15) is 0 Å². The van der Waals surface area contributed by atoms with Crippen LogP contribution in [0, 0.1) is 0 Å². The first kappa shape index (κ1) is 22.6. The van der Waals surface area contributed by atoms with E-state index in [9.17, 15) is 30.0 Å². The van der Waals surface area contributed by atoms with Gasteiger partial charge in [-0.05, 0) is 62.2 Å². The van der Waals surface area contributed by atoms with E-state index in [0.717, 1.165) is 6.08 Å². The summed E-state index contributed by atoms with van der Waals surface area (Å²) in [6.07, 6.45) is 1.04. The Bertz CT molecular complexity index is 956. The molecule has 4 N–H and O–H groups in total. The van der Waals surface area contributed by atoms with Crippen LogP contribution in [-0.2, 0) is 25.5 Å². The molecule has 0 spiro atoms. The highest BCUT2D eigenvalue weighted by atomic mass is 16.6. The minimum Gasteiger partial charge on any atom is -0.504 e. The van der Waals surface area contributed by atoms with Gasteiger partial charge >= 0.3 is 11.9 Å². The summed E-state index contributed by atoms with van der Waals surface area (Å²) >= 11 is 0. The maximum atomic E-state index is 12.5. The molecule has 1 atom stereocenters. The Hall–Kier alpha value is -3.68. The molecule has 0 heterocycles. The molecule has 160 valence electrons. The molecule has 0 aliphatic heterocycles. The van der Waals surface area contributed by atoms with Crippen molar-refractivity contribution in [2.24, 2.45) is 0 Å². The van der Waals surface area contributed by atoms with Crippen molar-refractivity contribution in [3.8, 4) is 23.0 Å². The Labute approximate surface area is 173 Å². The lowest BCUT2D eigenvalue weighted by Crippen LogP contribution is -2.36. The van der Waals surface area contributed by atoms with Crippen LogP contribution in [-0.4, -0.2) is 44.1 Å². The Morgan fingerprint density at radius 2 is 1.53 bits per heavy atom. The zero-order chi connectivity index (χ0) is 22.5. The fraction of sp³-hybridized carbons (Fsp3) is 0.273. The summed E-state index contributed by atoms with van der Waals surface area (Å²) in [5.74, 6) is -2.92. The molecule has 8 heteroatoms. The summed E-state index contributed by atoms with van der Waals surface area (Å²) in [7, 11) is 0. The molecule has 0 aliphatic carbocycles. The number of hydrogen-bond donors (Lipinski definition) is 4. The van der Waals surface area contributed by atoms with Crippen LogP contribution in [0.1, 0.15) is 31.9 Å². The van der Waals surface area contributed by atoms with Gasteiger partial charge in [0.15, 0.2) is 23.0 Å². The van der Waals surface area contributed by atoms with Gasteiger partial charge in [-0.3, -0.25) is 0 Å². The van der Waals surface area contributed by atoms with Gasteiger partial charge in [0.25, 0.3) is 0 Å². The fourth-order valence-corrected chi connectivity index (χ4v) is 2.44. The van der Waals surface area contributed by atoms with Crippen LogP contribution in [0.2, 0.25) is 0 Å². The first-order valence-electron chi connectivity index (χ1n) is 9.09. The second-order valence-corrected chi connectivity index (χ2v) is 7.57. The van der Waals surface area contributed by atoms with E-state index in [-0.39, 0.29) is 29.4 Å². The molecular formula is C22H24O8. The Morgan fingerprint density at radius 1 is 0.933 bits per heavy atom. The minimum absolute atomic E-state index is 0.0810. The number of ether oxygens (including phenoxy) is 2. The molecule has 0 saturated carbocycles. The predicted octanol–water partition coefficient (Wildman–Crippen LogP) is 3.02. The SMILES string of the molecule is CC(C)(C)OC(=O)C(Cc1ccc(O)c(O)c1)OC(=O)C=Cc1ccc(O)c(O)c1. The molecule has 1 unspecified atom stereocenters. The number of rotatable bonds is 6. The number of hydrogen-bond acceptors (Lipinski definition) is 8. The highest BCUT2D eigenvalue weighted by Gasteiger charge is 2.28. The van der Waals surface area contributed by atoms with E-state index in [4.69, 9.17) is 9.47 Å². The molecule has 0 radical (unpaired) electrons. The van der Waals surface area contributed by atoms with Gasteiger partial charge in [0.2, 0.25) is 6.10 Å². The Balaban J connectivity index is 2.17. The van der Waals surface area contributed by atoms with Crippen molar-refractivity contribution in [1.82, 2.24) is 0 Å². The van der Waals surface area contributed by atoms with Crippen LogP contribution >= 0.6 is 0 Å². The van der Waals surface area contributed by atoms with Gasteiger partial charge in [0.05, 0.1) is 0 Å². The van der Waals surface area contributed by atoms with Gasteiger partial charge in [0.1, 0.15) is 5.60 Å². The molecule has 0 fully saturated rings. The van der Waals surface area contributed by atoms with Crippen molar-refractivity contribution in [2.75, 3.05) is 0 Å². The van der Waals surface area contributed by atoms with Crippen molar-refractivity contribution in [3.63, 3.8) is 0 Å². The number of esters is 2. The largest absolute Gasteiger partial charge is 0.504 e. The van der Waals surface area contributed by atoms with Crippen LogP contribution in [0.25, 0.3) is 6.08 Å². The normalized spacial score (nSPS) is 12.5. The second-order valence-electron chi connectivity index (χ2n) is 7.57. The third-order valence-corrected chi connectivity index (χ3v) is 3.80. The average Bonchev–Trinajstić information content (AvgIpc) is 2.63.